The van der Waals surface area contributed by atoms with Crippen LogP contribution in [-0.2, 0) is 6.54 Å². The van der Waals surface area contributed by atoms with Gasteiger partial charge in [-0.3, -0.25) is 4.90 Å². The molecule has 1 aromatic heterocycles. The third-order valence-corrected chi connectivity index (χ3v) is 5.57. The van der Waals surface area contributed by atoms with E-state index in [0.29, 0.717) is 5.41 Å². The Morgan fingerprint density at radius 1 is 1.39 bits per heavy atom. The number of hydrogen-bond donors (Lipinski definition) is 1. The molecule has 3 heterocycles. The number of nitrogens with zero attached hydrogens (tertiary/aromatic N) is 1. The van der Waals surface area contributed by atoms with Crippen LogP contribution >= 0.6 is 22.9 Å². The molecule has 2 saturated heterocycles. The van der Waals surface area contributed by atoms with Gasteiger partial charge in [-0.15, -0.1) is 11.3 Å². The van der Waals surface area contributed by atoms with Gasteiger partial charge in [0.05, 0.1) is 5.02 Å². The molecule has 2 fully saturated rings. The molecule has 2 aliphatic heterocycles. The molecule has 0 saturated carbocycles. The predicted molar refractivity (Wildman–Crippen MR) is 78.4 cm³/mol. The zero-order chi connectivity index (χ0) is 12.4. The number of thiophene rings is 1. The molecule has 2 aliphatic rings. The Morgan fingerprint density at radius 3 is 3.00 bits per heavy atom. The van der Waals surface area contributed by atoms with Gasteiger partial charge < -0.3 is 5.32 Å². The maximum absolute atomic E-state index is 6.00. The van der Waals surface area contributed by atoms with E-state index in [1.165, 1.54) is 56.7 Å². The molecule has 18 heavy (non-hydrogen) atoms. The van der Waals surface area contributed by atoms with E-state index in [-0.39, 0.29) is 0 Å². The summed E-state index contributed by atoms with van der Waals surface area (Å²) in [4.78, 5) is 4.03. The molecule has 3 rings (SSSR count). The lowest BCUT2D eigenvalue weighted by Crippen LogP contribution is -2.50. The fourth-order valence-corrected chi connectivity index (χ4v) is 4.60. The van der Waals surface area contributed by atoms with Gasteiger partial charge in [-0.2, -0.15) is 0 Å². The van der Waals surface area contributed by atoms with Crippen molar-refractivity contribution in [3.63, 3.8) is 0 Å². The Balaban J connectivity index is 1.63. The molecule has 0 radical (unpaired) electrons. The van der Waals surface area contributed by atoms with Crippen molar-refractivity contribution in [2.45, 2.75) is 32.2 Å². The maximum atomic E-state index is 6.00. The Bertz CT molecular complexity index is 393. The molecule has 0 amide bonds. The first kappa shape index (κ1) is 12.9. The van der Waals surface area contributed by atoms with Crippen LogP contribution in [0.1, 0.15) is 30.6 Å². The van der Waals surface area contributed by atoms with E-state index in [1.807, 2.05) is 5.38 Å². The minimum Gasteiger partial charge on any atom is -0.316 e. The summed E-state index contributed by atoms with van der Waals surface area (Å²) in [5.41, 5.74) is 0.553. The molecular weight excluding hydrogens is 264 g/mol. The first-order valence-electron chi connectivity index (χ1n) is 6.92. The highest BCUT2D eigenvalue weighted by Crippen LogP contribution is 2.36. The molecular formula is C14H21ClN2S. The van der Waals surface area contributed by atoms with Gasteiger partial charge in [-0.05, 0) is 50.3 Å². The number of hydrogen-bond acceptors (Lipinski definition) is 3. The van der Waals surface area contributed by atoms with E-state index in [2.05, 4.69) is 16.3 Å². The van der Waals surface area contributed by atoms with Gasteiger partial charge >= 0.3 is 0 Å². The number of nitrogens with one attached hydrogen (secondary N) is 1. The molecule has 100 valence electrons. The molecule has 1 unspecified atom stereocenters. The van der Waals surface area contributed by atoms with Gasteiger partial charge in [0.2, 0.25) is 0 Å². The smallest absolute Gasteiger partial charge is 0.0516 e. The Labute approximate surface area is 118 Å². The number of likely N-dealkylation sites (tertiary alicyclic amines) is 1. The van der Waals surface area contributed by atoms with Crippen molar-refractivity contribution >= 4 is 22.9 Å². The molecule has 0 aliphatic carbocycles. The fourth-order valence-electron chi connectivity index (χ4n) is 3.48. The van der Waals surface area contributed by atoms with E-state index >= 15 is 0 Å². The first-order valence-corrected chi connectivity index (χ1v) is 8.18. The van der Waals surface area contributed by atoms with Crippen LogP contribution in [0.25, 0.3) is 0 Å². The molecule has 1 N–H and O–H groups in total. The molecule has 1 atom stereocenters. The normalized spacial score (nSPS) is 29.8. The van der Waals surface area contributed by atoms with Gasteiger partial charge in [0, 0.05) is 29.9 Å². The maximum Gasteiger partial charge on any atom is 0.0516 e. The zero-order valence-electron chi connectivity index (χ0n) is 10.8. The summed E-state index contributed by atoms with van der Waals surface area (Å²) in [6, 6.07) is 2.12. The standard InChI is InChI=1S/C14H21ClN2S/c15-12-7-13(18-9-12)8-17-6-2-4-14(11-17)3-1-5-16-10-14/h7,9,16H,1-6,8,10-11H2. The SMILES string of the molecule is Clc1csc(CN2CCCC3(CCCNC3)C2)c1. The molecule has 2 nitrogen and oxygen atoms in total. The van der Waals surface area contributed by atoms with Crippen molar-refractivity contribution in [2.75, 3.05) is 26.2 Å². The lowest BCUT2D eigenvalue weighted by atomic mass is 9.74. The highest BCUT2D eigenvalue weighted by atomic mass is 35.5. The highest BCUT2D eigenvalue weighted by Gasteiger charge is 2.36. The predicted octanol–water partition coefficient (Wildman–Crippen LogP) is 3.37. The molecule has 1 spiro atoms. The Morgan fingerprint density at radius 2 is 2.28 bits per heavy atom. The van der Waals surface area contributed by atoms with Crippen molar-refractivity contribution < 1.29 is 0 Å². The minimum absolute atomic E-state index is 0.553. The van der Waals surface area contributed by atoms with E-state index in [9.17, 15) is 0 Å². The van der Waals surface area contributed by atoms with Crippen molar-refractivity contribution in [1.82, 2.24) is 10.2 Å². The molecule has 1 aromatic rings. The third-order valence-electron chi connectivity index (χ3n) is 4.30. The van der Waals surface area contributed by atoms with Crippen molar-refractivity contribution in [1.29, 1.82) is 0 Å². The van der Waals surface area contributed by atoms with E-state index < -0.39 is 0 Å². The van der Waals surface area contributed by atoms with Crippen LogP contribution in [0, 0.1) is 5.41 Å². The highest BCUT2D eigenvalue weighted by molar-refractivity contribution is 7.10. The Kier molecular flexibility index (Phi) is 3.94. The summed E-state index contributed by atoms with van der Waals surface area (Å²) in [6.45, 7) is 6.02. The van der Waals surface area contributed by atoms with Gasteiger partial charge in [0.15, 0.2) is 0 Å². The number of halogens is 1. The summed E-state index contributed by atoms with van der Waals surface area (Å²) >= 11 is 7.79. The van der Waals surface area contributed by atoms with Gasteiger partial charge in [0.1, 0.15) is 0 Å². The minimum atomic E-state index is 0.553. The second-order valence-electron chi connectivity index (χ2n) is 5.83. The van der Waals surface area contributed by atoms with Crippen molar-refractivity contribution in [3.05, 3.63) is 21.3 Å². The Hall–Kier alpha value is -0.0900. The van der Waals surface area contributed by atoms with Gasteiger partial charge in [0.25, 0.3) is 0 Å². The zero-order valence-corrected chi connectivity index (χ0v) is 12.3. The van der Waals surface area contributed by atoms with Crippen molar-refractivity contribution in [3.8, 4) is 0 Å². The van der Waals surface area contributed by atoms with E-state index in [1.54, 1.807) is 11.3 Å². The van der Waals surface area contributed by atoms with Crippen molar-refractivity contribution in [2.24, 2.45) is 5.41 Å². The summed E-state index contributed by atoms with van der Waals surface area (Å²) in [6.07, 6.45) is 5.50. The van der Waals surface area contributed by atoms with Crippen LogP contribution in [0.4, 0.5) is 0 Å². The molecule has 0 bridgehead atoms. The second-order valence-corrected chi connectivity index (χ2v) is 7.26. The summed E-state index contributed by atoms with van der Waals surface area (Å²) in [7, 11) is 0. The largest absolute Gasteiger partial charge is 0.316 e. The third kappa shape index (κ3) is 2.90. The van der Waals surface area contributed by atoms with Crippen LogP contribution in [0.2, 0.25) is 5.02 Å². The average molecular weight is 285 g/mol. The van der Waals surface area contributed by atoms with Gasteiger partial charge in [-0.1, -0.05) is 11.6 Å². The molecule has 4 heteroatoms. The van der Waals surface area contributed by atoms with Crippen LogP contribution in [0.15, 0.2) is 11.4 Å². The monoisotopic (exact) mass is 284 g/mol. The van der Waals surface area contributed by atoms with Crippen LogP contribution in [0.3, 0.4) is 0 Å². The van der Waals surface area contributed by atoms with E-state index in [0.717, 1.165) is 11.6 Å². The topological polar surface area (TPSA) is 15.3 Å². The summed E-state index contributed by atoms with van der Waals surface area (Å²) in [5.74, 6) is 0. The van der Waals surface area contributed by atoms with Gasteiger partial charge in [-0.25, -0.2) is 0 Å². The summed E-state index contributed by atoms with van der Waals surface area (Å²) < 4.78 is 0. The number of rotatable bonds is 2. The fraction of sp³-hybridized carbons (Fsp3) is 0.714. The van der Waals surface area contributed by atoms with E-state index in [4.69, 9.17) is 11.6 Å². The number of piperidine rings is 2. The van der Waals surface area contributed by atoms with Crippen LogP contribution < -0.4 is 5.32 Å². The quantitative estimate of drug-likeness (QED) is 0.896. The van der Waals surface area contributed by atoms with Crippen LogP contribution in [0.5, 0.6) is 0 Å². The second kappa shape index (κ2) is 5.49. The molecule has 0 aromatic carbocycles. The lowest BCUT2D eigenvalue weighted by Gasteiger charge is -2.45. The first-order chi connectivity index (χ1) is 8.76. The summed E-state index contributed by atoms with van der Waals surface area (Å²) in [5, 5.41) is 6.52. The van der Waals surface area contributed by atoms with Crippen LogP contribution in [-0.4, -0.2) is 31.1 Å². The lowest BCUT2D eigenvalue weighted by molar-refractivity contribution is 0.0607. The average Bonchev–Trinajstić information content (AvgIpc) is 2.76.